The van der Waals surface area contributed by atoms with Crippen LogP contribution in [0.2, 0.25) is 0 Å². The first-order valence-electron chi connectivity index (χ1n) is 18.6. The molecule has 0 spiro atoms. The van der Waals surface area contributed by atoms with E-state index in [2.05, 4.69) is 10.1 Å². The third-order valence-electron chi connectivity index (χ3n) is 9.60. The molecule has 2 fully saturated rings. The number of nitrogens with two attached hydrogens (primary N) is 1. The largest absolute Gasteiger partial charge is 0.512 e. The van der Waals surface area contributed by atoms with E-state index >= 15 is 4.39 Å². The Morgan fingerprint density at radius 1 is 1.03 bits per heavy atom. The number of nitrogens with zero attached hydrogens (tertiary/aromatic N) is 5. The summed E-state index contributed by atoms with van der Waals surface area (Å²) in [4.78, 5) is 55.7. The summed E-state index contributed by atoms with van der Waals surface area (Å²) in [5.74, 6) is -4.31. The molecule has 3 aromatic rings. The Hall–Kier alpha value is -5.71. The molecule has 2 aliphatic rings. The summed E-state index contributed by atoms with van der Waals surface area (Å²) in [6, 6.07) is 8.83. The van der Waals surface area contributed by atoms with Crippen LogP contribution in [0.4, 0.5) is 18.0 Å². The molecule has 59 heavy (non-hydrogen) atoms. The van der Waals surface area contributed by atoms with E-state index in [4.69, 9.17) is 34.7 Å². The Kier molecular flexibility index (Phi) is 15.7. The maximum absolute atomic E-state index is 15.8. The molecule has 2 N–H and O–H groups in total. The van der Waals surface area contributed by atoms with Crippen LogP contribution >= 0.6 is 11.8 Å². The van der Waals surface area contributed by atoms with Gasteiger partial charge in [-0.3, -0.25) is 14.4 Å². The number of ether oxygens (including phenoxy) is 5. The molecule has 0 aliphatic carbocycles. The highest BCUT2D eigenvalue weighted by atomic mass is 32.2. The lowest BCUT2D eigenvalue weighted by atomic mass is 9.89. The number of hydrogen-bond acceptors (Lipinski definition) is 13. The number of likely N-dealkylation sites (tertiary alicyclic amines) is 1. The van der Waals surface area contributed by atoms with Gasteiger partial charge in [0, 0.05) is 54.8 Å². The molecule has 2 amide bonds. The quantitative estimate of drug-likeness (QED) is 0.113. The van der Waals surface area contributed by atoms with E-state index in [0.29, 0.717) is 37.6 Å². The standard InChI is InChI=1S/C40H43F3N6O9S/c1-25(59-31-20-54-37(55-21-31)6-4-3-5-28-8-7-27(19-44)17-33(28)42)40(22-49-24-46-23-47-49,32-10-9-30(41)18-34(32)43)58-39(53)57-26(2)56-36(51)12-11-35(50)48-15-13-29(14-16-48)38(45)52/h3-10,17-18,23-26,29,31,37H,11-16,20-22H2,1-2H3,(H2,45,52)/b5-3+,6-4+/t25-,26?,31?,37?,40-/m1/s1. The molecule has 0 bridgehead atoms. The molecular formula is C40H43F3N6O9S. The van der Waals surface area contributed by atoms with Crippen LogP contribution < -0.4 is 5.73 Å². The van der Waals surface area contributed by atoms with E-state index in [1.54, 1.807) is 25.2 Å². The average Bonchev–Trinajstić information content (AvgIpc) is 3.72. The summed E-state index contributed by atoms with van der Waals surface area (Å²) in [7, 11) is 0. The minimum Gasteiger partial charge on any atom is -0.425 e. The van der Waals surface area contributed by atoms with Crippen molar-refractivity contribution < 1.29 is 56.0 Å². The molecule has 3 heterocycles. The predicted octanol–water partition coefficient (Wildman–Crippen LogP) is 5.14. The number of halogens is 3. The van der Waals surface area contributed by atoms with Crippen molar-refractivity contribution in [3.63, 3.8) is 0 Å². The third-order valence-corrected chi connectivity index (χ3v) is 11.0. The number of carbonyl (C=O) groups is 4. The molecule has 314 valence electrons. The minimum absolute atomic E-state index is 0.148. The number of piperidine rings is 1. The van der Waals surface area contributed by atoms with Crippen molar-refractivity contribution in [3.05, 3.63) is 101 Å². The van der Waals surface area contributed by atoms with Crippen molar-refractivity contribution >= 4 is 41.8 Å². The van der Waals surface area contributed by atoms with Crippen LogP contribution in [0, 0.1) is 34.7 Å². The predicted molar refractivity (Wildman–Crippen MR) is 205 cm³/mol. The minimum atomic E-state index is -1.94. The van der Waals surface area contributed by atoms with Gasteiger partial charge in [-0.15, -0.1) is 11.8 Å². The normalized spacial score (nSPS) is 19.4. The summed E-state index contributed by atoms with van der Waals surface area (Å²) in [6.45, 7) is 3.57. The van der Waals surface area contributed by atoms with E-state index in [1.807, 2.05) is 6.07 Å². The number of allylic oxidation sites excluding steroid dienone is 2. The molecule has 0 radical (unpaired) electrons. The van der Waals surface area contributed by atoms with Gasteiger partial charge in [-0.05, 0) is 50.1 Å². The van der Waals surface area contributed by atoms with E-state index in [0.717, 1.165) is 18.2 Å². The Morgan fingerprint density at radius 3 is 2.42 bits per heavy atom. The summed E-state index contributed by atoms with van der Waals surface area (Å²) in [5, 5.41) is 11.8. The van der Waals surface area contributed by atoms with Gasteiger partial charge in [0.05, 0.1) is 43.1 Å². The first kappa shape index (κ1) is 44.4. The zero-order valence-electron chi connectivity index (χ0n) is 32.2. The van der Waals surface area contributed by atoms with Gasteiger partial charge < -0.3 is 34.3 Å². The molecule has 15 nitrogen and oxygen atoms in total. The second-order valence-corrected chi connectivity index (χ2v) is 15.4. The van der Waals surface area contributed by atoms with Gasteiger partial charge in [0.2, 0.25) is 18.1 Å². The monoisotopic (exact) mass is 840 g/mol. The SMILES string of the molecule is CC(OC(=O)CCC(=O)N1CCC(C(N)=O)CC1)OC(=O)O[C@@](Cn1cncn1)(c1ccc(F)cc1F)[C@@H](C)SC1COC(/C=C/C=C/c2ccc(C#N)cc2F)OC1. The van der Waals surface area contributed by atoms with Gasteiger partial charge in [0.25, 0.3) is 0 Å². The van der Waals surface area contributed by atoms with Crippen LogP contribution in [0.3, 0.4) is 0 Å². The van der Waals surface area contributed by atoms with E-state index in [-0.39, 0.29) is 60.8 Å². The Morgan fingerprint density at radius 2 is 1.78 bits per heavy atom. The summed E-state index contributed by atoms with van der Waals surface area (Å²) in [6.07, 6.45) is 5.67. The second-order valence-electron chi connectivity index (χ2n) is 13.7. The summed E-state index contributed by atoms with van der Waals surface area (Å²) < 4.78 is 73.7. The van der Waals surface area contributed by atoms with Crippen LogP contribution in [0.1, 0.15) is 56.2 Å². The number of amides is 2. The molecule has 2 saturated heterocycles. The van der Waals surface area contributed by atoms with Crippen molar-refractivity contribution in [3.8, 4) is 6.07 Å². The van der Waals surface area contributed by atoms with Gasteiger partial charge in [0.15, 0.2) is 11.9 Å². The summed E-state index contributed by atoms with van der Waals surface area (Å²) >= 11 is 1.23. The number of primary amides is 1. The van der Waals surface area contributed by atoms with E-state index < -0.39 is 58.9 Å². The van der Waals surface area contributed by atoms with Crippen LogP contribution in [-0.4, -0.2) is 93.0 Å². The highest BCUT2D eigenvalue weighted by molar-refractivity contribution is 8.00. The Balaban J connectivity index is 1.22. The van der Waals surface area contributed by atoms with Crippen molar-refractivity contribution in [1.82, 2.24) is 19.7 Å². The smallest absolute Gasteiger partial charge is 0.425 e. The number of aromatic nitrogens is 3. The number of hydrogen-bond donors (Lipinski definition) is 1. The van der Waals surface area contributed by atoms with E-state index in [1.165, 1.54) is 59.1 Å². The average molecular weight is 841 g/mol. The maximum Gasteiger partial charge on any atom is 0.512 e. The van der Waals surface area contributed by atoms with Crippen molar-refractivity contribution in [1.29, 1.82) is 5.26 Å². The fraction of sp³-hybridized carbons (Fsp3) is 0.425. The molecule has 19 heteroatoms. The maximum atomic E-state index is 15.8. The molecular weight excluding hydrogens is 798 g/mol. The van der Waals surface area contributed by atoms with Crippen LogP contribution in [0.15, 0.2) is 67.3 Å². The van der Waals surface area contributed by atoms with Gasteiger partial charge in [0.1, 0.15) is 30.1 Å². The molecule has 1 unspecified atom stereocenters. The highest BCUT2D eigenvalue weighted by Gasteiger charge is 2.47. The fourth-order valence-corrected chi connectivity index (χ4v) is 7.84. The number of nitriles is 1. The van der Waals surface area contributed by atoms with Gasteiger partial charge >= 0.3 is 12.1 Å². The first-order valence-corrected chi connectivity index (χ1v) is 19.6. The Labute approximate surface area is 342 Å². The number of rotatable bonds is 16. The van der Waals surface area contributed by atoms with Crippen LogP contribution in [-0.2, 0) is 50.2 Å². The Bertz CT molecular complexity index is 2050. The first-order chi connectivity index (χ1) is 28.3. The molecule has 0 saturated carbocycles. The van der Waals surface area contributed by atoms with Gasteiger partial charge in [-0.25, -0.2) is 27.6 Å². The van der Waals surface area contributed by atoms with Crippen LogP contribution in [0.25, 0.3) is 6.08 Å². The number of benzene rings is 2. The fourth-order valence-electron chi connectivity index (χ4n) is 6.48. The lowest BCUT2D eigenvalue weighted by Gasteiger charge is -2.40. The molecule has 1 aromatic heterocycles. The van der Waals surface area contributed by atoms with Crippen molar-refractivity contribution in [2.75, 3.05) is 26.3 Å². The molecule has 5 rings (SSSR count). The zero-order chi connectivity index (χ0) is 42.5. The molecule has 2 aromatic carbocycles. The molecule has 3 atom stereocenters. The van der Waals surface area contributed by atoms with Crippen molar-refractivity contribution in [2.24, 2.45) is 11.7 Å². The lowest BCUT2D eigenvalue weighted by Crippen LogP contribution is -2.47. The molecule has 2 aliphatic heterocycles. The summed E-state index contributed by atoms with van der Waals surface area (Å²) in [5.41, 5.74) is 3.71. The number of carbonyl (C=O) groups excluding carboxylic acids is 4. The number of esters is 1. The van der Waals surface area contributed by atoms with Gasteiger partial charge in [-0.2, -0.15) is 10.4 Å². The van der Waals surface area contributed by atoms with Crippen LogP contribution in [0.5, 0.6) is 0 Å². The third kappa shape index (κ3) is 12.4. The van der Waals surface area contributed by atoms with Crippen molar-refractivity contribution in [2.45, 2.75) is 74.8 Å². The van der Waals surface area contributed by atoms with Gasteiger partial charge in [-0.1, -0.05) is 24.3 Å². The lowest BCUT2D eigenvalue weighted by molar-refractivity contribution is -0.172. The highest BCUT2D eigenvalue weighted by Crippen LogP contribution is 2.42. The zero-order valence-corrected chi connectivity index (χ0v) is 33.0. The number of thioether (sulfide) groups is 1. The van der Waals surface area contributed by atoms with E-state index in [9.17, 15) is 28.0 Å². The topological polar surface area (TPSA) is 198 Å². The second kappa shape index (κ2) is 20.8.